The van der Waals surface area contributed by atoms with Gasteiger partial charge in [-0.25, -0.2) is 4.79 Å². The molecule has 0 radical (unpaired) electrons. The van der Waals surface area contributed by atoms with Gasteiger partial charge in [-0.2, -0.15) is 0 Å². The minimum atomic E-state index is -1.18. The monoisotopic (exact) mass is 280 g/mol. The zero-order valence-electron chi connectivity index (χ0n) is 10.3. The summed E-state index contributed by atoms with van der Waals surface area (Å²) in [5.41, 5.74) is -0.00580. The van der Waals surface area contributed by atoms with Gasteiger partial charge in [-0.05, 0) is 12.1 Å². The molecule has 2 N–H and O–H groups in total. The summed E-state index contributed by atoms with van der Waals surface area (Å²) in [4.78, 5) is 34.2. The predicted octanol–water partition coefficient (Wildman–Crippen LogP) is 0.255. The third kappa shape index (κ3) is 2.59. The Morgan fingerprint density at radius 1 is 1.30 bits per heavy atom. The fourth-order valence-corrected chi connectivity index (χ4v) is 2.16. The number of hydrogen-bond donors (Lipinski definition) is 2. The van der Waals surface area contributed by atoms with E-state index in [4.69, 9.17) is 5.11 Å². The van der Waals surface area contributed by atoms with Crippen molar-refractivity contribution in [2.45, 2.75) is 18.6 Å². The summed E-state index contributed by atoms with van der Waals surface area (Å²) in [6, 6.07) is 3.81. The van der Waals surface area contributed by atoms with Crippen molar-refractivity contribution in [2.75, 3.05) is 6.54 Å². The summed E-state index contributed by atoms with van der Waals surface area (Å²) in [6.07, 6.45) is -0.897. The number of aliphatic carboxylic acids is 1. The quantitative estimate of drug-likeness (QED) is 0.605. The van der Waals surface area contributed by atoms with Crippen LogP contribution in [0.5, 0.6) is 0 Å². The molecule has 0 saturated carbocycles. The highest BCUT2D eigenvalue weighted by Gasteiger charge is 2.39. The molecule has 0 aliphatic carbocycles. The van der Waals surface area contributed by atoms with Gasteiger partial charge >= 0.3 is 5.97 Å². The second-order valence-electron chi connectivity index (χ2n) is 4.51. The zero-order chi connectivity index (χ0) is 14.9. The molecule has 2 unspecified atom stereocenters. The van der Waals surface area contributed by atoms with Crippen LogP contribution in [0.1, 0.15) is 16.8 Å². The molecular formula is C12H12N2O6. The van der Waals surface area contributed by atoms with E-state index in [1.807, 2.05) is 0 Å². The highest BCUT2D eigenvalue weighted by molar-refractivity contribution is 5.97. The van der Waals surface area contributed by atoms with Gasteiger partial charge in [0.05, 0.1) is 11.0 Å². The number of aliphatic hydroxyl groups excluding tert-OH is 1. The number of likely N-dealkylation sites (tertiary alicyclic amines) is 1. The molecule has 8 heteroatoms. The lowest BCUT2D eigenvalue weighted by atomic mass is 10.1. The summed E-state index contributed by atoms with van der Waals surface area (Å²) in [6.45, 7) is -0.0627. The van der Waals surface area contributed by atoms with Gasteiger partial charge in [0.15, 0.2) is 0 Å². The maximum Gasteiger partial charge on any atom is 0.326 e. The molecule has 2 atom stereocenters. The number of benzene rings is 1. The van der Waals surface area contributed by atoms with E-state index in [1.54, 1.807) is 0 Å². The van der Waals surface area contributed by atoms with Gasteiger partial charge in [-0.1, -0.05) is 0 Å². The topological polar surface area (TPSA) is 121 Å². The molecule has 1 aliphatic heterocycles. The Morgan fingerprint density at radius 3 is 2.40 bits per heavy atom. The first-order valence-electron chi connectivity index (χ1n) is 5.86. The average Bonchev–Trinajstić information content (AvgIpc) is 2.80. The van der Waals surface area contributed by atoms with Crippen molar-refractivity contribution in [1.82, 2.24) is 4.90 Å². The van der Waals surface area contributed by atoms with Crippen LogP contribution in [0.4, 0.5) is 5.69 Å². The fourth-order valence-electron chi connectivity index (χ4n) is 2.16. The van der Waals surface area contributed by atoms with Crippen LogP contribution in [0.3, 0.4) is 0 Å². The lowest BCUT2D eigenvalue weighted by molar-refractivity contribution is -0.384. The number of carboxylic acids is 1. The standard InChI is InChI=1S/C12H12N2O6/c15-9-5-10(12(17)18)13(6-9)11(16)7-1-3-8(4-2-7)14(19)20/h1-4,9-10,15H,5-6H2,(H,17,18). The number of β-amino-alcohol motifs (C(OH)–C–C–N with tert-alkyl or cyclic N) is 1. The SMILES string of the molecule is O=C(O)C1CC(O)CN1C(=O)c1ccc([N+](=O)[O-])cc1. The molecule has 106 valence electrons. The van der Waals surface area contributed by atoms with Gasteiger partial charge in [0, 0.05) is 30.7 Å². The molecule has 1 aromatic rings. The molecule has 2 rings (SSSR count). The Morgan fingerprint density at radius 2 is 1.90 bits per heavy atom. The van der Waals surface area contributed by atoms with E-state index in [9.17, 15) is 24.8 Å². The first-order valence-corrected chi connectivity index (χ1v) is 5.86. The molecule has 1 saturated heterocycles. The first kappa shape index (κ1) is 13.9. The van der Waals surface area contributed by atoms with E-state index >= 15 is 0 Å². The molecule has 1 aliphatic rings. The normalized spacial score (nSPS) is 21.8. The van der Waals surface area contributed by atoms with Crippen LogP contribution in [0.25, 0.3) is 0 Å². The Bertz CT molecular complexity index is 556. The van der Waals surface area contributed by atoms with E-state index in [1.165, 1.54) is 24.3 Å². The van der Waals surface area contributed by atoms with Crippen LogP contribution in [0.15, 0.2) is 24.3 Å². The maximum atomic E-state index is 12.2. The Hall–Kier alpha value is -2.48. The van der Waals surface area contributed by atoms with Crippen molar-refractivity contribution in [3.05, 3.63) is 39.9 Å². The van der Waals surface area contributed by atoms with Crippen molar-refractivity contribution in [1.29, 1.82) is 0 Å². The van der Waals surface area contributed by atoms with Gasteiger partial charge in [0.1, 0.15) is 6.04 Å². The summed E-state index contributed by atoms with van der Waals surface area (Å²) in [7, 11) is 0. The van der Waals surface area contributed by atoms with E-state index in [-0.39, 0.29) is 24.2 Å². The van der Waals surface area contributed by atoms with Crippen LogP contribution in [0, 0.1) is 10.1 Å². The molecule has 1 aromatic carbocycles. The van der Waals surface area contributed by atoms with E-state index in [2.05, 4.69) is 0 Å². The molecule has 0 spiro atoms. The lowest BCUT2D eigenvalue weighted by Crippen LogP contribution is -2.40. The molecular weight excluding hydrogens is 268 g/mol. The zero-order valence-corrected chi connectivity index (χ0v) is 10.3. The molecule has 1 fully saturated rings. The molecule has 0 bridgehead atoms. The minimum absolute atomic E-state index is 0.0198. The molecule has 1 amide bonds. The number of carbonyl (C=O) groups is 2. The lowest BCUT2D eigenvalue weighted by Gasteiger charge is -2.21. The number of carbonyl (C=O) groups excluding carboxylic acids is 1. The second-order valence-corrected chi connectivity index (χ2v) is 4.51. The number of nitro groups is 1. The van der Waals surface area contributed by atoms with Crippen molar-refractivity contribution in [3.63, 3.8) is 0 Å². The third-order valence-electron chi connectivity index (χ3n) is 3.15. The highest BCUT2D eigenvalue weighted by Crippen LogP contribution is 2.22. The van der Waals surface area contributed by atoms with E-state index in [0.717, 1.165) is 4.90 Å². The van der Waals surface area contributed by atoms with Gasteiger partial charge in [0.2, 0.25) is 0 Å². The first-order chi connectivity index (χ1) is 9.40. The van der Waals surface area contributed by atoms with Gasteiger partial charge in [-0.3, -0.25) is 14.9 Å². The van der Waals surface area contributed by atoms with Gasteiger partial charge < -0.3 is 15.1 Å². The summed E-state index contributed by atoms with van der Waals surface area (Å²) < 4.78 is 0. The Labute approximate surface area is 113 Å². The van der Waals surface area contributed by atoms with Crippen molar-refractivity contribution >= 4 is 17.6 Å². The van der Waals surface area contributed by atoms with E-state index in [0.29, 0.717) is 0 Å². The third-order valence-corrected chi connectivity index (χ3v) is 3.15. The predicted molar refractivity (Wildman–Crippen MR) is 66.2 cm³/mol. The molecule has 20 heavy (non-hydrogen) atoms. The van der Waals surface area contributed by atoms with E-state index < -0.39 is 28.9 Å². The van der Waals surface area contributed by atoms with Crippen LogP contribution < -0.4 is 0 Å². The average molecular weight is 280 g/mol. The summed E-state index contributed by atoms with van der Waals surface area (Å²) >= 11 is 0. The number of aliphatic hydroxyl groups is 1. The number of nitrogens with zero attached hydrogens (tertiary/aromatic N) is 2. The maximum absolute atomic E-state index is 12.2. The summed E-state index contributed by atoms with van der Waals surface area (Å²) in [5.74, 6) is -1.75. The van der Waals surface area contributed by atoms with Crippen LogP contribution in [-0.2, 0) is 4.79 Å². The smallest absolute Gasteiger partial charge is 0.326 e. The van der Waals surface area contributed by atoms with Crippen molar-refractivity contribution in [3.8, 4) is 0 Å². The van der Waals surface area contributed by atoms with Crippen LogP contribution in [0.2, 0.25) is 0 Å². The van der Waals surface area contributed by atoms with Gasteiger partial charge in [0.25, 0.3) is 11.6 Å². The number of hydrogen-bond acceptors (Lipinski definition) is 5. The molecule has 1 heterocycles. The van der Waals surface area contributed by atoms with Crippen LogP contribution >= 0.6 is 0 Å². The highest BCUT2D eigenvalue weighted by atomic mass is 16.6. The van der Waals surface area contributed by atoms with Gasteiger partial charge in [-0.15, -0.1) is 0 Å². The fraction of sp³-hybridized carbons (Fsp3) is 0.333. The Kier molecular flexibility index (Phi) is 3.66. The largest absolute Gasteiger partial charge is 0.480 e. The number of rotatable bonds is 3. The van der Waals surface area contributed by atoms with Crippen LogP contribution in [-0.4, -0.2) is 50.6 Å². The number of amides is 1. The number of nitro benzene ring substituents is 1. The Balaban J connectivity index is 2.22. The minimum Gasteiger partial charge on any atom is -0.480 e. The van der Waals surface area contributed by atoms with Crippen molar-refractivity contribution < 1.29 is 24.7 Å². The number of carboxylic acid groups (broad SMARTS) is 1. The second kappa shape index (κ2) is 5.25. The van der Waals surface area contributed by atoms with Crippen molar-refractivity contribution in [2.24, 2.45) is 0 Å². The number of non-ortho nitro benzene ring substituents is 1. The molecule has 8 nitrogen and oxygen atoms in total. The summed E-state index contributed by atoms with van der Waals surface area (Å²) in [5, 5.41) is 29.0. The molecule has 0 aromatic heterocycles.